The maximum Gasteiger partial charge on any atom is 0.317 e. The van der Waals surface area contributed by atoms with Crippen LogP contribution in [0.1, 0.15) is 32.1 Å². The number of hydrogen-bond acceptors (Lipinski definition) is 2. The minimum Gasteiger partial charge on any atom is -0.481 e. The lowest BCUT2D eigenvalue weighted by Crippen LogP contribution is -2.47. The molecule has 0 aromatic carbocycles. The van der Waals surface area contributed by atoms with Gasteiger partial charge in [-0.25, -0.2) is 4.79 Å². The first kappa shape index (κ1) is 11.8. The van der Waals surface area contributed by atoms with Gasteiger partial charge in [0.15, 0.2) is 0 Å². The minimum absolute atomic E-state index is 0.0610. The molecule has 1 aliphatic heterocycles. The highest BCUT2D eigenvalue weighted by Gasteiger charge is 2.48. The Hall–Kier alpha value is -1.26. The van der Waals surface area contributed by atoms with Crippen molar-refractivity contribution in [3.8, 4) is 0 Å². The summed E-state index contributed by atoms with van der Waals surface area (Å²) < 4.78 is 0. The van der Waals surface area contributed by atoms with Crippen molar-refractivity contribution >= 4 is 12.0 Å². The Bertz CT molecular complexity index is 367. The lowest BCUT2D eigenvalue weighted by molar-refractivity contribution is -0.143. The zero-order chi connectivity index (χ0) is 12.7. The van der Waals surface area contributed by atoms with Crippen molar-refractivity contribution in [1.82, 2.24) is 10.2 Å². The second-order valence-electron chi connectivity index (χ2n) is 5.92. The van der Waals surface area contributed by atoms with Crippen molar-refractivity contribution in [3.05, 3.63) is 0 Å². The van der Waals surface area contributed by atoms with E-state index in [1.54, 1.807) is 4.90 Å². The van der Waals surface area contributed by atoms with Gasteiger partial charge >= 0.3 is 12.0 Å². The Kier molecular flexibility index (Phi) is 2.92. The normalized spacial score (nSPS) is 35.1. The van der Waals surface area contributed by atoms with Gasteiger partial charge in [0.1, 0.15) is 0 Å². The molecular weight excluding hydrogens is 232 g/mol. The fraction of sp³-hybridized carbons (Fsp3) is 0.846. The number of piperidine rings is 1. The van der Waals surface area contributed by atoms with Crippen molar-refractivity contribution in [2.75, 3.05) is 13.1 Å². The Morgan fingerprint density at radius 3 is 2.67 bits per heavy atom. The molecule has 0 aromatic heterocycles. The molecule has 3 aliphatic rings. The summed E-state index contributed by atoms with van der Waals surface area (Å²) in [6.45, 7) is 1.05. The molecule has 5 heteroatoms. The van der Waals surface area contributed by atoms with E-state index in [9.17, 15) is 9.59 Å². The molecule has 2 N–H and O–H groups in total. The second kappa shape index (κ2) is 4.44. The summed E-state index contributed by atoms with van der Waals surface area (Å²) in [5.41, 5.74) is 0. The average Bonchev–Trinajstić information content (AvgIpc) is 3.22. The zero-order valence-corrected chi connectivity index (χ0v) is 10.5. The topological polar surface area (TPSA) is 69.6 Å². The van der Waals surface area contributed by atoms with Gasteiger partial charge in [0.25, 0.3) is 0 Å². The number of hydrogen-bond donors (Lipinski definition) is 2. The lowest BCUT2D eigenvalue weighted by atomic mass is 9.99. The Balaban J connectivity index is 1.48. The van der Waals surface area contributed by atoms with Gasteiger partial charge in [-0.2, -0.15) is 0 Å². The molecule has 2 saturated carbocycles. The molecule has 3 rings (SSSR count). The summed E-state index contributed by atoms with van der Waals surface area (Å²) in [4.78, 5) is 24.6. The van der Waals surface area contributed by atoms with E-state index in [2.05, 4.69) is 5.32 Å². The van der Waals surface area contributed by atoms with Gasteiger partial charge in [-0.3, -0.25) is 4.79 Å². The van der Waals surface area contributed by atoms with Crippen LogP contribution in [0.2, 0.25) is 0 Å². The van der Waals surface area contributed by atoms with Crippen LogP contribution in [0, 0.1) is 17.8 Å². The number of nitrogens with zero attached hydrogens (tertiary/aromatic N) is 1. The zero-order valence-electron chi connectivity index (χ0n) is 10.5. The smallest absolute Gasteiger partial charge is 0.317 e. The molecule has 5 nitrogen and oxygen atoms in total. The predicted molar refractivity (Wildman–Crippen MR) is 65.1 cm³/mol. The summed E-state index contributed by atoms with van der Waals surface area (Å²) in [6, 6.07) is 0.296. The van der Waals surface area contributed by atoms with E-state index in [1.165, 1.54) is 12.8 Å². The van der Waals surface area contributed by atoms with Gasteiger partial charge in [-0.1, -0.05) is 0 Å². The van der Waals surface area contributed by atoms with Crippen LogP contribution in [0.3, 0.4) is 0 Å². The van der Waals surface area contributed by atoms with Gasteiger partial charge in [-0.15, -0.1) is 0 Å². The molecule has 0 bridgehead atoms. The minimum atomic E-state index is -0.783. The van der Waals surface area contributed by atoms with Crippen LogP contribution < -0.4 is 5.32 Å². The van der Waals surface area contributed by atoms with Crippen molar-refractivity contribution in [2.24, 2.45) is 17.8 Å². The number of urea groups is 1. The third-order valence-electron chi connectivity index (χ3n) is 4.43. The van der Waals surface area contributed by atoms with Crippen LogP contribution >= 0.6 is 0 Å². The molecular formula is C13H20N2O3. The van der Waals surface area contributed by atoms with Crippen molar-refractivity contribution in [3.63, 3.8) is 0 Å². The highest BCUT2D eigenvalue weighted by atomic mass is 16.4. The van der Waals surface area contributed by atoms with E-state index < -0.39 is 5.97 Å². The molecule has 1 saturated heterocycles. The quantitative estimate of drug-likeness (QED) is 0.795. The SMILES string of the molecule is O=C(O)C1CCCN(C(=O)N[C@@H]2C[C@H]2C2CC2)C1. The van der Waals surface area contributed by atoms with Crippen molar-refractivity contribution in [2.45, 2.75) is 38.1 Å². The van der Waals surface area contributed by atoms with Gasteiger partial charge in [-0.05, 0) is 43.9 Å². The third kappa shape index (κ3) is 2.44. The van der Waals surface area contributed by atoms with Crippen LogP contribution in [0.25, 0.3) is 0 Å². The largest absolute Gasteiger partial charge is 0.481 e. The van der Waals surface area contributed by atoms with E-state index in [4.69, 9.17) is 5.11 Å². The summed E-state index contributed by atoms with van der Waals surface area (Å²) in [6.07, 6.45) is 5.24. The van der Waals surface area contributed by atoms with E-state index in [1.807, 2.05) is 0 Å². The molecule has 3 fully saturated rings. The van der Waals surface area contributed by atoms with Gasteiger partial charge in [0, 0.05) is 19.1 Å². The molecule has 3 atom stereocenters. The van der Waals surface area contributed by atoms with Crippen LogP contribution in [-0.4, -0.2) is 41.1 Å². The first-order chi connectivity index (χ1) is 8.65. The second-order valence-corrected chi connectivity index (χ2v) is 5.92. The number of likely N-dealkylation sites (tertiary alicyclic amines) is 1. The fourth-order valence-corrected chi connectivity index (χ4v) is 3.04. The molecule has 0 radical (unpaired) electrons. The maximum absolute atomic E-state index is 12.0. The maximum atomic E-state index is 12.0. The third-order valence-corrected chi connectivity index (χ3v) is 4.43. The summed E-state index contributed by atoms with van der Waals surface area (Å²) in [5.74, 6) is 0.384. The fourth-order valence-electron chi connectivity index (χ4n) is 3.04. The number of rotatable bonds is 3. The number of nitrogens with one attached hydrogen (secondary N) is 1. The van der Waals surface area contributed by atoms with Crippen LogP contribution in [0.15, 0.2) is 0 Å². The van der Waals surface area contributed by atoms with E-state index in [0.717, 1.165) is 18.8 Å². The molecule has 2 aliphatic carbocycles. The molecule has 1 heterocycles. The number of carboxylic acids is 1. The van der Waals surface area contributed by atoms with Gasteiger partial charge in [0.2, 0.25) is 0 Å². The molecule has 0 spiro atoms. The summed E-state index contributed by atoms with van der Waals surface area (Å²) >= 11 is 0. The Morgan fingerprint density at radius 1 is 1.22 bits per heavy atom. The molecule has 1 unspecified atom stereocenters. The monoisotopic (exact) mass is 252 g/mol. The first-order valence-electron chi connectivity index (χ1n) is 6.93. The van der Waals surface area contributed by atoms with Gasteiger partial charge in [0.05, 0.1) is 5.92 Å². The van der Waals surface area contributed by atoms with E-state index in [-0.39, 0.29) is 11.9 Å². The summed E-state index contributed by atoms with van der Waals surface area (Å²) in [5, 5.41) is 12.0. The highest BCUT2D eigenvalue weighted by Crippen LogP contribution is 2.50. The molecule has 100 valence electrons. The number of amides is 2. The molecule has 2 amide bonds. The average molecular weight is 252 g/mol. The highest BCUT2D eigenvalue weighted by molar-refractivity contribution is 5.77. The number of carbonyl (C=O) groups excluding carboxylic acids is 1. The first-order valence-corrected chi connectivity index (χ1v) is 6.93. The molecule has 18 heavy (non-hydrogen) atoms. The Morgan fingerprint density at radius 2 is 2.00 bits per heavy atom. The number of carbonyl (C=O) groups is 2. The van der Waals surface area contributed by atoms with Crippen LogP contribution in [0.5, 0.6) is 0 Å². The van der Waals surface area contributed by atoms with Crippen LogP contribution in [-0.2, 0) is 4.79 Å². The lowest BCUT2D eigenvalue weighted by Gasteiger charge is -2.30. The standard InChI is InChI=1S/C13H20N2O3/c16-12(17)9-2-1-5-15(7-9)13(18)14-11-6-10(11)8-3-4-8/h8-11H,1-7H2,(H,14,18)(H,16,17)/t9?,10-,11+/m0/s1. The molecule has 0 aromatic rings. The van der Waals surface area contributed by atoms with Crippen molar-refractivity contribution in [1.29, 1.82) is 0 Å². The predicted octanol–water partition coefficient (Wildman–Crippen LogP) is 1.29. The van der Waals surface area contributed by atoms with E-state index in [0.29, 0.717) is 31.5 Å². The Labute approximate surface area is 107 Å². The van der Waals surface area contributed by atoms with E-state index >= 15 is 0 Å². The van der Waals surface area contributed by atoms with Gasteiger partial charge < -0.3 is 15.3 Å². The van der Waals surface area contributed by atoms with Crippen LogP contribution in [0.4, 0.5) is 4.79 Å². The summed E-state index contributed by atoms with van der Waals surface area (Å²) in [7, 11) is 0. The number of aliphatic carboxylic acids is 1. The number of carboxylic acid groups (broad SMARTS) is 1. The van der Waals surface area contributed by atoms with Crippen molar-refractivity contribution < 1.29 is 14.7 Å².